The molecule has 2 aliphatic heterocycles. The average molecular weight is 384 g/mol. The molecular formula is C24H37N3O. The Labute approximate surface area is 170 Å². The van der Waals surface area contributed by atoms with E-state index in [0.717, 1.165) is 30.8 Å². The minimum atomic E-state index is 0.409. The van der Waals surface area contributed by atoms with Gasteiger partial charge in [0.05, 0.1) is 12.8 Å². The summed E-state index contributed by atoms with van der Waals surface area (Å²) in [7, 11) is 8.64. The predicted octanol–water partition coefficient (Wildman–Crippen LogP) is 3.52. The number of piperidine rings is 1. The molecule has 1 saturated carbocycles. The van der Waals surface area contributed by atoms with Crippen molar-refractivity contribution in [1.29, 1.82) is 0 Å². The molecule has 4 heteroatoms. The molecule has 0 spiro atoms. The molecule has 0 N–H and O–H groups in total. The fourth-order valence-electron chi connectivity index (χ4n) is 7.02. The molecular weight excluding hydrogens is 346 g/mol. The molecule has 0 amide bonds. The van der Waals surface area contributed by atoms with Crippen LogP contribution in [0.4, 0.5) is 5.69 Å². The second-order valence-corrected chi connectivity index (χ2v) is 10.0. The molecule has 0 radical (unpaired) electrons. The van der Waals surface area contributed by atoms with Crippen molar-refractivity contribution in [2.24, 2.45) is 5.92 Å². The van der Waals surface area contributed by atoms with Gasteiger partial charge in [-0.15, -0.1) is 0 Å². The minimum absolute atomic E-state index is 0.409. The van der Waals surface area contributed by atoms with Gasteiger partial charge in [0.1, 0.15) is 5.75 Å². The maximum absolute atomic E-state index is 5.99. The predicted molar refractivity (Wildman–Crippen MR) is 116 cm³/mol. The van der Waals surface area contributed by atoms with Crippen molar-refractivity contribution in [1.82, 2.24) is 9.80 Å². The Bertz CT molecular complexity index is 748. The van der Waals surface area contributed by atoms with Crippen LogP contribution in [0.1, 0.15) is 49.7 Å². The van der Waals surface area contributed by atoms with Crippen LogP contribution in [0.5, 0.6) is 5.75 Å². The van der Waals surface area contributed by atoms with Crippen molar-refractivity contribution in [2.45, 2.75) is 62.4 Å². The summed E-state index contributed by atoms with van der Waals surface area (Å²) in [5.74, 6) is 1.95. The lowest BCUT2D eigenvalue weighted by Crippen LogP contribution is -2.59. The smallest absolute Gasteiger partial charge is 0.142 e. The number of methoxy groups -OCH3 is 1. The minimum Gasteiger partial charge on any atom is -0.495 e. The molecule has 5 rings (SSSR count). The maximum Gasteiger partial charge on any atom is 0.142 e. The fourth-order valence-corrected chi connectivity index (χ4v) is 7.02. The van der Waals surface area contributed by atoms with E-state index in [1.807, 2.05) is 7.11 Å². The number of benzene rings is 1. The van der Waals surface area contributed by atoms with E-state index in [1.165, 1.54) is 57.2 Å². The van der Waals surface area contributed by atoms with E-state index in [-0.39, 0.29) is 0 Å². The van der Waals surface area contributed by atoms with Crippen LogP contribution in [0.2, 0.25) is 0 Å². The second-order valence-electron chi connectivity index (χ2n) is 10.0. The summed E-state index contributed by atoms with van der Waals surface area (Å²) in [5, 5.41) is 0. The Morgan fingerprint density at radius 1 is 1.11 bits per heavy atom. The standard InChI is InChI=1S/C24H37N3O/c1-25(2)18-8-11-27(16-18)22-14-17-13-21-19-7-5-6-9-24(19,10-12-26(21)3)20(17)15-23(22)28-4/h14-15,18-19,21H,5-13,16H2,1-4H3/t18?,19?,21-,24-/m0/s1. The Kier molecular flexibility index (Phi) is 4.63. The average Bonchev–Trinajstić information content (AvgIpc) is 3.20. The molecule has 3 fully saturated rings. The lowest BCUT2D eigenvalue weighted by atomic mass is 9.52. The lowest BCUT2D eigenvalue weighted by molar-refractivity contribution is 0.00276. The lowest BCUT2D eigenvalue weighted by Gasteiger charge is -2.58. The van der Waals surface area contributed by atoms with Crippen LogP contribution in [-0.2, 0) is 11.8 Å². The summed E-state index contributed by atoms with van der Waals surface area (Å²) in [6, 6.07) is 6.36. The third-order valence-electron chi connectivity index (χ3n) is 8.64. The van der Waals surface area contributed by atoms with Gasteiger partial charge < -0.3 is 19.4 Å². The normalized spacial score (nSPS) is 35.0. The summed E-state index contributed by atoms with van der Waals surface area (Å²) in [5.41, 5.74) is 4.99. The largest absolute Gasteiger partial charge is 0.495 e. The van der Waals surface area contributed by atoms with Gasteiger partial charge in [0.25, 0.3) is 0 Å². The number of anilines is 1. The molecule has 2 bridgehead atoms. The summed E-state index contributed by atoms with van der Waals surface area (Å²) in [4.78, 5) is 7.60. The van der Waals surface area contributed by atoms with Gasteiger partial charge in [-0.25, -0.2) is 0 Å². The van der Waals surface area contributed by atoms with Crippen molar-refractivity contribution in [3.8, 4) is 5.75 Å². The zero-order valence-electron chi connectivity index (χ0n) is 18.2. The van der Waals surface area contributed by atoms with Gasteiger partial charge in [0.15, 0.2) is 0 Å². The Morgan fingerprint density at radius 3 is 2.71 bits per heavy atom. The summed E-state index contributed by atoms with van der Waals surface area (Å²) in [6.07, 6.45) is 9.39. The van der Waals surface area contributed by atoms with Crippen LogP contribution in [0.3, 0.4) is 0 Å². The van der Waals surface area contributed by atoms with Gasteiger partial charge in [0, 0.05) is 30.6 Å². The van der Waals surface area contributed by atoms with Crippen LogP contribution >= 0.6 is 0 Å². The van der Waals surface area contributed by atoms with E-state index in [0.29, 0.717) is 11.5 Å². The molecule has 1 aromatic rings. The number of fused-ring (bicyclic) bond motifs is 1. The summed E-state index contributed by atoms with van der Waals surface area (Å²) < 4.78 is 5.99. The van der Waals surface area contributed by atoms with Gasteiger partial charge in [-0.05, 0) is 89.0 Å². The topological polar surface area (TPSA) is 19.0 Å². The zero-order chi connectivity index (χ0) is 19.5. The molecule has 2 heterocycles. The highest BCUT2D eigenvalue weighted by Crippen LogP contribution is 2.57. The first kappa shape index (κ1) is 18.7. The molecule has 154 valence electrons. The SMILES string of the molecule is COc1cc2c(cc1N1CCC(N(C)C)C1)C[C@H]1C3CCCC[C@@]23CCN1C. The number of hydrogen-bond donors (Lipinski definition) is 0. The first-order valence-corrected chi connectivity index (χ1v) is 11.4. The number of ether oxygens (including phenoxy) is 1. The quantitative estimate of drug-likeness (QED) is 0.795. The van der Waals surface area contributed by atoms with Gasteiger partial charge >= 0.3 is 0 Å². The highest BCUT2D eigenvalue weighted by atomic mass is 16.5. The molecule has 28 heavy (non-hydrogen) atoms. The van der Waals surface area contributed by atoms with Crippen LogP contribution in [0, 0.1) is 5.92 Å². The van der Waals surface area contributed by atoms with Crippen LogP contribution < -0.4 is 9.64 Å². The third-order valence-corrected chi connectivity index (χ3v) is 8.64. The van der Waals surface area contributed by atoms with Gasteiger partial charge in [-0.1, -0.05) is 12.8 Å². The number of nitrogens with zero attached hydrogens (tertiary/aromatic N) is 3. The molecule has 0 aromatic heterocycles. The summed E-state index contributed by atoms with van der Waals surface area (Å²) >= 11 is 0. The van der Waals surface area contributed by atoms with Crippen LogP contribution in [-0.4, -0.2) is 69.8 Å². The van der Waals surface area contributed by atoms with Crippen molar-refractivity contribution >= 4 is 5.69 Å². The molecule has 2 saturated heterocycles. The van der Waals surface area contributed by atoms with E-state index in [9.17, 15) is 0 Å². The van der Waals surface area contributed by atoms with Crippen molar-refractivity contribution < 1.29 is 4.74 Å². The van der Waals surface area contributed by atoms with Crippen molar-refractivity contribution in [2.75, 3.05) is 52.8 Å². The van der Waals surface area contributed by atoms with E-state index < -0.39 is 0 Å². The van der Waals surface area contributed by atoms with E-state index in [2.05, 4.69) is 48.0 Å². The number of likely N-dealkylation sites (tertiary alicyclic amines) is 1. The van der Waals surface area contributed by atoms with Gasteiger partial charge in [-0.2, -0.15) is 0 Å². The van der Waals surface area contributed by atoms with Crippen molar-refractivity contribution in [3.63, 3.8) is 0 Å². The first-order chi connectivity index (χ1) is 13.5. The molecule has 2 unspecified atom stereocenters. The van der Waals surface area contributed by atoms with Crippen LogP contribution in [0.25, 0.3) is 0 Å². The van der Waals surface area contributed by atoms with Gasteiger partial charge in [0.2, 0.25) is 0 Å². The maximum atomic E-state index is 5.99. The highest BCUT2D eigenvalue weighted by Gasteiger charge is 2.53. The zero-order valence-corrected chi connectivity index (χ0v) is 18.2. The second kappa shape index (κ2) is 6.91. The fraction of sp³-hybridized carbons (Fsp3) is 0.750. The molecule has 4 atom stereocenters. The Balaban J connectivity index is 1.57. The summed E-state index contributed by atoms with van der Waals surface area (Å²) in [6.45, 7) is 3.50. The van der Waals surface area contributed by atoms with Crippen LogP contribution in [0.15, 0.2) is 12.1 Å². The monoisotopic (exact) mass is 383 g/mol. The van der Waals surface area contributed by atoms with Gasteiger partial charge in [-0.3, -0.25) is 0 Å². The number of likely N-dealkylation sites (N-methyl/N-ethyl adjacent to an activating group) is 2. The highest BCUT2D eigenvalue weighted by molar-refractivity contribution is 5.65. The van der Waals surface area contributed by atoms with E-state index in [1.54, 1.807) is 11.1 Å². The molecule has 1 aromatic carbocycles. The van der Waals surface area contributed by atoms with E-state index >= 15 is 0 Å². The number of rotatable bonds is 3. The van der Waals surface area contributed by atoms with Crippen molar-refractivity contribution in [3.05, 3.63) is 23.3 Å². The Hall–Kier alpha value is -1.26. The van der Waals surface area contributed by atoms with E-state index in [4.69, 9.17) is 4.74 Å². The third kappa shape index (κ3) is 2.71. The first-order valence-electron chi connectivity index (χ1n) is 11.4. The molecule has 4 aliphatic rings. The number of hydrogen-bond acceptors (Lipinski definition) is 4. The molecule has 2 aliphatic carbocycles. The Morgan fingerprint density at radius 2 is 1.96 bits per heavy atom. The molecule has 4 nitrogen and oxygen atoms in total.